The number of hydrogen-bond donors (Lipinski definition) is 0. The van der Waals surface area contributed by atoms with Crippen LogP contribution in [0.4, 0.5) is 10.1 Å². The summed E-state index contributed by atoms with van der Waals surface area (Å²) in [5, 5.41) is 19.7. The van der Waals surface area contributed by atoms with Crippen molar-refractivity contribution in [2.24, 2.45) is 0 Å². The highest BCUT2D eigenvalue weighted by molar-refractivity contribution is 5.73. The molecule has 0 amide bonds. The van der Waals surface area contributed by atoms with Gasteiger partial charge in [0, 0.05) is 23.4 Å². The van der Waals surface area contributed by atoms with Crippen molar-refractivity contribution in [1.29, 1.82) is 5.26 Å². The van der Waals surface area contributed by atoms with Crippen molar-refractivity contribution < 1.29 is 14.1 Å². The summed E-state index contributed by atoms with van der Waals surface area (Å²) in [6, 6.07) is 5.05. The van der Waals surface area contributed by atoms with Crippen LogP contribution in [0.2, 0.25) is 0 Å². The van der Waals surface area contributed by atoms with E-state index in [0.717, 1.165) is 12.1 Å². The molecule has 0 saturated carbocycles. The molecule has 0 bridgehead atoms. The second-order valence-electron chi connectivity index (χ2n) is 3.83. The van der Waals surface area contributed by atoms with Gasteiger partial charge in [-0.1, -0.05) is 0 Å². The molecule has 0 aliphatic rings. The smallest absolute Gasteiger partial charge is 0.273 e. The Morgan fingerprint density at radius 1 is 1.40 bits per heavy atom. The molecule has 20 heavy (non-hydrogen) atoms. The van der Waals surface area contributed by atoms with E-state index in [2.05, 4.69) is 4.98 Å². The first kappa shape index (κ1) is 13.4. The van der Waals surface area contributed by atoms with Crippen molar-refractivity contribution in [3.05, 3.63) is 52.1 Å². The molecular formula is C13H8FN3O3. The van der Waals surface area contributed by atoms with Crippen molar-refractivity contribution in [2.45, 2.75) is 0 Å². The second-order valence-corrected chi connectivity index (χ2v) is 3.83. The lowest BCUT2D eigenvalue weighted by molar-refractivity contribution is -0.385. The van der Waals surface area contributed by atoms with Gasteiger partial charge in [-0.2, -0.15) is 5.26 Å². The maximum absolute atomic E-state index is 14.1. The molecule has 1 aromatic carbocycles. The van der Waals surface area contributed by atoms with E-state index >= 15 is 0 Å². The molecule has 1 aromatic heterocycles. The standard InChI is InChI=1S/C13H8FN3O3/c1-20-11-3-9(6-16-7-11)13-8(5-15)2-10(17(18)19)4-12(13)14/h2-4,6-7H,1H3. The molecule has 0 radical (unpaired) electrons. The van der Waals surface area contributed by atoms with E-state index in [1.54, 1.807) is 6.07 Å². The minimum absolute atomic E-state index is 0.0375. The molecule has 0 unspecified atom stereocenters. The Bertz CT molecular complexity index is 725. The van der Waals surface area contributed by atoms with Crippen molar-refractivity contribution >= 4 is 5.69 Å². The molecule has 2 rings (SSSR count). The number of nitrogens with zero attached hydrogens (tertiary/aromatic N) is 3. The van der Waals surface area contributed by atoms with Gasteiger partial charge in [-0.15, -0.1) is 0 Å². The molecule has 6 nitrogen and oxygen atoms in total. The molecule has 0 aliphatic heterocycles. The van der Waals surface area contributed by atoms with Crippen LogP contribution >= 0.6 is 0 Å². The third kappa shape index (κ3) is 2.40. The van der Waals surface area contributed by atoms with Crippen molar-refractivity contribution in [3.8, 4) is 22.9 Å². The van der Waals surface area contributed by atoms with Gasteiger partial charge in [-0.25, -0.2) is 4.39 Å². The van der Waals surface area contributed by atoms with Gasteiger partial charge in [-0.05, 0) is 6.07 Å². The fraction of sp³-hybridized carbons (Fsp3) is 0.0769. The Hall–Kier alpha value is -3.01. The van der Waals surface area contributed by atoms with E-state index in [1.165, 1.54) is 25.6 Å². The van der Waals surface area contributed by atoms with Crippen LogP contribution in [0.3, 0.4) is 0 Å². The fourth-order valence-corrected chi connectivity index (χ4v) is 1.75. The Balaban J connectivity index is 2.67. The Morgan fingerprint density at radius 2 is 2.15 bits per heavy atom. The normalized spacial score (nSPS) is 9.85. The number of halogens is 1. The average molecular weight is 273 g/mol. The highest BCUT2D eigenvalue weighted by atomic mass is 19.1. The van der Waals surface area contributed by atoms with Crippen LogP contribution in [0.1, 0.15) is 5.56 Å². The van der Waals surface area contributed by atoms with Gasteiger partial charge in [0.25, 0.3) is 5.69 Å². The zero-order valence-electron chi connectivity index (χ0n) is 10.3. The number of nitro groups is 1. The predicted molar refractivity (Wildman–Crippen MR) is 67.6 cm³/mol. The first-order valence-corrected chi connectivity index (χ1v) is 5.44. The summed E-state index contributed by atoms with van der Waals surface area (Å²) in [5.74, 6) is -0.463. The summed E-state index contributed by atoms with van der Waals surface area (Å²) in [5.41, 5.74) is -0.330. The molecule has 0 saturated heterocycles. The summed E-state index contributed by atoms with van der Waals surface area (Å²) in [6.07, 6.45) is 2.78. The zero-order chi connectivity index (χ0) is 14.7. The van der Waals surface area contributed by atoms with Gasteiger partial charge in [-0.3, -0.25) is 15.1 Å². The highest BCUT2D eigenvalue weighted by Gasteiger charge is 2.18. The van der Waals surface area contributed by atoms with Gasteiger partial charge in [0.1, 0.15) is 17.6 Å². The topological polar surface area (TPSA) is 89.1 Å². The molecule has 1 heterocycles. The highest BCUT2D eigenvalue weighted by Crippen LogP contribution is 2.31. The quantitative estimate of drug-likeness (QED) is 0.633. The lowest BCUT2D eigenvalue weighted by Crippen LogP contribution is -1.96. The van der Waals surface area contributed by atoms with E-state index in [0.29, 0.717) is 11.3 Å². The largest absolute Gasteiger partial charge is 0.495 e. The molecule has 0 fully saturated rings. The van der Waals surface area contributed by atoms with Gasteiger partial charge in [0.15, 0.2) is 0 Å². The van der Waals surface area contributed by atoms with Gasteiger partial charge in [0.2, 0.25) is 0 Å². The molecule has 0 aliphatic carbocycles. The number of aromatic nitrogens is 1. The van der Waals surface area contributed by atoms with E-state index in [-0.39, 0.29) is 11.1 Å². The van der Waals surface area contributed by atoms with E-state index in [9.17, 15) is 14.5 Å². The molecule has 0 atom stereocenters. The number of ether oxygens (including phenoxy) is 1. The molecule has 0 spiro atoms. The van der Waals surface area contributed by atoms with Crippen LogP contribution in [0.15, 0.2) is 30.6 Å². The number of benzene rings is 1. The van der Waals surface area contributed by atoms with Crippen molar-refractivity contribution in [2.75, 3.05) is 7.11 Å². The minimum Gasteiger partial charge on any atom is -0.495 e. The number of rotatable bonds is 3. The number of non-ortho nitro benzene ring substituents is 1. The zero-order valence-corrected chi connectivity index (χ0v) is 10.3. The molecule has 7 heteroatoms. The monoisotopic (exact) mass is 273 g/mol. The van der Waals surface area contributed by atoms with Crippen LogP contribution in [-0.2, 0) is 0 Å². The molecular weight excluding hydrogens is 265 g/mol. The number of pyridine rings is 1. The second kappa shape index (κ2) is 5.32. The summed E-state index contributed by atoms with van der Waals surface area (Å²) >= 11 is 0. The van der Waals surface area contributed by atoms with E-state index in [4.69, 9.17) is 10.00 Å². The van der Waals surface area contributed by atoms with Crippen LogP contribution in [0.25, 0.3) is 11.1 Å². The SMILES string of the molecule is COc1cncc(-c2c(F)cc([N+](=O)[O-])cc2C#N)c1. The lowest BCUT2D eigenvalue weighted by Gasteiger charge is -2.07. The average Bonchev–Trinajstić information content (AvgIpc) is 2.46. The van der Waals surface area contributed by atoms with Crippen LogP contribution < -0.4 is 4.74 Å². The van der Waals surface area contributed by atoms with Crippen molar-refractivity contribution in [1.82, 2.24) is 4.98 Å². The van der Waals surface area contributed by atoms with E-state index < -0.39 is 16.4 Å². The Labute approximate surface area is 113 Å². The maximum Gasteiger partial charge on any atom is 0.273 e. The summed E-state index contributed by atoms with van der Waals surface area (Å²) in [4.78, 5) is 13.8. The van der Waals surface area contributed by atoms with Gasteiger partial charge in [0.05, 0.1) is 29.9 Å². The summed E-state index contributed by atoms with van der Waals surface area (Å²) in [7, 11) is 1.43. The Kier molecular flexibility index (Phi) is 3.57. The third-order valence-electron chi connectivity index (χ3n) is 2.64. The first-order valence-electron chi connectivity index (χ1n) is 5.44. The first-order chi connectivity index (χ1) is 9.56. The van der Waals surface area contributed by atoms with Crippen LogP contribution in [0.5, 0.6) is 5.75 Å². The number of nitro benzene ring substituents is 1. The Morgan fingerprint density at radius 3 is 2.75 bits per heavy atom. The van der Waals surface area contributed by atoms with Crippen LogP contribution in [-0.4, -0.2) is 17.0 Å². The number of nitriles is 1. The maximum atomic E-state index is 14.1. The summed E-state index contributed by atoms with van der Waals surface area (Å²) in [6.45, 7) is 0. The third-order valence-corrected chi connectivity index (χ3v) is 2.64. The van der Waals surface area contributed by atoms with E-state index in [1.807, 2.05) is 0 Å². The molecule has 0 N–H and O–H groups in total. The van der Waals surface area contributed by atoms with Crippen molar-refractivity contribution in [3.63, 3.8) is 0 Å². The van der Waals surface area contributed by atoms with Crippen LogP contribution in [0, 0.1) is 27.3 Å². The lowest BCUT2D eigenvalue weighted by atomic mass is 10.0. The summed E-state index contributed by atoms with van der Waals surface area (Å²) < 4.78 is 19.0. The molecule has 100 valence electrons. The van der Waals surface area contributed by atoms with Gasteiger partial charge < -0.3 is 4.74 Å². The number of hydrogen-bond acceptors (Lipinski definition) is 5. The van der Waals surface area contributed by atoms with Gasteiger partial charge >= 0.3 is 0 Å². The minimum atomic E-state index is -0.856. The number of methoxy groups -OCH3 is 1. The predicted octanol–water partition coefficient (Wildman–Crippen LogP) is 2.68. The molecule has 2 aromatic rings. The fourth-order valence-electron chi connectivity index (χ4n) is 1.75.